The molecule has 2 rings (SSSR count). The first-order valence-corrected chi connectivity index (χ1v) is 6.11. The van der Waals surface area contributed by atoms with Crippen LogP contribution in [0.1, 0.15) is 12.5 Å². The number of benzene rings is 2. The monoisotopic (exact) mass is 251 g/mol. The van der Waals surface area contributed by atoms with Gasteiger partial charge in [-0.3, -0.25) is 4.79 Å². The summed E-state index contributed by atoms with van der Waals surface area (Å²) >= 11 is 0. The Bertz CT molecular complexity index is 553. The minimum Gasteiger partial charge on any atom is -0.487 e. The summed E-state index contributed by atoms with van der Waals surface area (Å²) < 4.78 is 5.62. The second-order valence-corrected chi connectivity index (χ2v) is 4.26. The minimum absolute atomic E-state index is 0.00624. The third kappa shape index (κ3) is 3.32. The predicted molar refractivity (Wildman–Crippen MR) is 77.0 cm³/mol. The topological polar surface area (TPSA) is 26.3 Å². The molecule has 0 aliphatic carbocycles. The van der Waals surface area contributed by atoms with Crippen LogP contribution >= 0.6 is 0 Å². The van der Waals surface area contributed by atoms with Crippen molar-refractivity contribution in [2.24, 2.45) is 0 Å². The Morgan fingerprint density at radius 2 is 1.58 bits per heavy atom. The van der Waals surface area contributed by atoms with E-state index in [2.05, 4.69) is 6.58 Å². The standard InChI is InChI=1S/C17H15O2/c1-3-13(2)19-17-10-8-16(9-11-17)15-6-4-14(12-18)5-7-15/h3-11,13H,1H2,2H3. The van der Waals surface area contributed by atoms with E-state index < -0.39 is 0 Å². The number of ether oxygens (including phenoxy) is 1. The van der Waals surface area contributed by atoms with Crippen molar-refractivity contribution < 1.29 is 9.53 Å². The maximum absolute atomic E-state index is 10.5. The first-order valence-electron chi connectivity index (χ1n) is 6.11. The fourth-order valence-corrected chi connectivity index (χ4v) is 1.72. The van der Waals surface area contributed by atoms with E-state index in [9.17, 15) is 4.79 Å². The molecule has 2 aromatic carbocycles. The summed E-state index contributed by atoms with van der Waals surface area (Å²) in [5, 5.41) is 0. The second kappa shape index (κ2) is 6.01. The van der Waals surface area contributed by atoms with Crippen LogP contribution in [0.5, 0.6) is 5.75 Å². The van der Waals surface area contributed by atoms with Crippen molar-refractivity contribution >= 4 is 6.29 Å². The predicted octanol–water partition coefficient (Wildman–Crippen LogP) is 3.76. The van der Waals surface area contributed by atoms with Crippen LogP contribution in [-0.2, 0) is 4.79 Å². The SMILES string of the molecule is C=CC(C)Oc1ccc(-c2ccc([C]=O)cc2)cc1. The van der Waals surface area contributed by atoms with Gasteiger partial charge >= 0.3 is 0 Å². The van der Waals surface area contributed by atoms with Gasteiger partial charge in [0.2, 0.25) is 6.29 Å². The zero-order valence-corrected chi connectivity index (χ0v) is 10.8. The Hall–Kier alpha value is -2.35. The molecule has 1 unspecified atom stereocenters. The summed E-state index contributed by atoms with van der Waals surface area (Å²) in [6.07, 6.45) is 3.61. The lowest BCUT2D eigenvalue weighted by Crippen LogP contribution is -2.06. The molecular formula is C17H15O2. The maximum atomic E-state index is 10.5. The normalized spacial score (nSPS) is 11.6. The van der Waals surface area contributed by atoms with Gasteiger partial charge in [-0.1, -0.05) is 49.1 Å². The summed E-state index contributed by atoms with van der Waals surface area (Å²) in [4.78, 5) is 10.5. The number of hydrogen-bond acceptors (Lipinski definition) is 2. The quantitative estimate of drug-likeness (QED) is 0.756. The first kappa shape index (κ1) is 13.1. The lowest BCUT2D eigenvalue weighted by Gasteiger charge is -2.11. The van der Waals surface area contributed by atoms with Crippen molar-refractivity contribution in [3.63, 3.8) is 0 Å². The Kier molecular flexibility index (Phi) is 4.14. The van der Waals surface area contributed by atoms with Gasteiger partial charge in [0.15, 0.2) is 0 Å². The molecule has 0 bridgehead atoms. The molecule has 19 heavy (non-hydrogen) atoms. The average molecular weight is 251 g/mol. The Balaban J connectivity index is 2.17. The van der Waals surface area contributed by atoms with E-state index in [-0.39, 0.29) is 6.10 Å². The van der Waals surface area contributed by atoms with Crippen LogP contribution in [0.15, 0.2) is 61.2 Å². The molecule has 0 amide bonds. The third-order valence-corrected chi connectivity index (χ3v) is 2.84. The largest absolute Gasteiger partial charge is 0.487 e. The van der Waals surface area contributed by atoms with Gasteiger partial charge in [0, 0.05) is 5.56 Å². The van der Waals surface area contributed by atoms with Crippen LogP contribution in [-0.4, -0.2) is 12.4 Å². The fourth-order valence-electron chi connectivity index (χ4n) is 1.72. The molecule has 0 aromatic heterocycles. The summed E-state index contributed by atoms with van der Waals surface area (Å²) in [5.74, 6) is 0.814. The molecule has 2 heteroatoms. The molecule has 2 nitrogen and oxygen atoms in total. The van der Waals surface area contributed by atoms with Gasteiger partial charge in [-0.15, -0.1) is 0 Å². The van der Waals surface area contributed by atoms with Crippen LogP contribution < -0.4 is 4.74 Å². The molecule has 0 spiro atoms. The smallest absolute Gasteiger partial charge is 0.233 e. The van der Waals surface area contributed by atoms with E-state index in [1.807, 2.05) is 49.6 Å². The average Bonchev–Trinajstić information content (AvgIpc) is 2.48. The van der Waals surface area contributed by atoms with Crippen molar-refractivity contribution in [2.45, 2.75) is 13.0 Å². The van der Waals surface area contributed by atoms with Gasteiger partial charge in [-0.05, 0) is 30.2 Å². The van der Waals surface area contributed by atoms with Crippen molar-refractivity contribution in [1.29, 1.82) is 0 Å². The van der Waals surface area contributed by atoms with Crippen molar-refractivity contribution in [3.8, 4) is 16.9 Å². The third-order valence-electron chi connectivity index (χ3n) is 2.84. The van der Waals surface area contributed by atoms with Gasteiger partial charge in [0.25, 0.3) is 0 Å². The lowest BCUT2D eigenvalue weighted by molar-refractivity contribution is 0.270. The van der Waals surface area contributed by atoms with Crippen molar-refractivity contribution in [1.82, 2.24) is 0 Å². The molecule has 0 fully saturated rings. The Morgan fingerprint density at radius 3 is 2.05 bits per heavy atom. The van der Waals surface area contributed by atoms with Crippen molar-refractivity contribution in [3.05, 3.63) is 66.7 Å². The zero-order chi connectivity index (χ0) is 13.7. The molecule has 0 heterocycles. The molecule has 0 aliphatic heterocycles. The maximum Gasteiger partial charge on any atom is 0.233 e. The van der Waals surface area contributed by atoms with E-state index >= 15 is 0 Å². The summed E-state index contributed by atoms with van der Waals surface area (Å²) in [7, 11) is 0. The number of rotatable bonds is 5. The van der Waals surface area contributed by atoms with Gasteiger partial charge in [0.05, 0.1) is 0 Å². The molecule has 2 aromatic rings. The van der Waals surface area contributed by atoms with Gasteiger partial charge in [0.1, 0.15) is 11.9 Å². The number of carbonyl (C=O) groups excluding carboxylic acids is 1. The fraction of sp³-hybridized carbons (Fsp3) is 0.118. The highest BCUT2D eigenvalue weighted by molar-refractivity contribution is 5.77. The van der Waals surface area contributed by atoms with Crippen LogP contribution in [0, 0.1) is 0 Å². The summed E-state index contributed by atoms with van der Waals surface area (Å²) in [6, 6.07) is 15.2. The number of hydrogen-bond donors (Lipinski definition) is 0. The molecule has 0 saturated carbocycles. The highest BCUT2D eigenvalue weighted by Crippen LogP contribution is 2.23. The Morgan fingerprint density at radius 1 is 1.05 bits per heavy atom. The summed E-state index contributed by atoms with van der Waals surface area (Å²) in [5.41, 5.74) is 2.70. The van der Waals surface area contributed by atoms with Crippen LogP contribution in [0.2, 0.25) is 0 Å². The van der Waals surface area contributed by atoms with E-state index in [1.165, 1.54) is 0 Å². The minimum atomic E-state index is -0.00624. The highest BCUT2D eigenvalue weighted by Gasteiger charge is 2.01. The highest BCUT2D eigenvalue weighted by atomic mass is 16.5. The van der Waals surface area contributed by atoms with Gasteiger partial charge in [-0.25, -0.2) is 0 Å². The molecule has 1 radical (unpaired) electrons. The molecule has 0 aliphatic rings. The first-order chi connectivity index (χ1) is 9.22. The molecule has 1 atom stereocenters. The molecule has 0 N–H and O–H groups in total. The van der Waals surface area contributed by atoms with Crippen molar-refractivity contribution in [2.75, 3.05) is 0 Å². The van der Waals surface area contributed by atoms with Gasteiger partial charge in [-0.2, -0.15) is 0 Å². The molecule has 0 saturated heterocycles. The van der Waals surface area contributed by atoms with Crippen LogP contribution in [0.25, 0.3) is 11.1 Å². The zero-order valence-electron chi connectivity index (χ0n) is 10.8. The van der Waals surface area contributed by atoms with E-state index in [0.29, 0.717) is 5.56 Å². The lowest BCUT2D eigenvalue weighted by atomic mass is 10.0. The molecular weight excluding hydrogens is 236 g/mol. The van der Waals surface area contributed by atoms with Crippen LogP contribution in [0.3, 0.4) is 0 Å². The van der Waals surface area contributed by atoms with Gasteiger partial charge < -0.3 is 4.74 Å². The van der Waals surface area contributed by atoms with Crippen LogP contribution in [0.4, 0.5) is 0 Å². The van der Waals surface area contributed by atoms with E-state index in [4.69, 9.17) is 4.74 Å². The molecule has 95 valence electrons. The van der Waals surface area contributed by atoms with E-state index in [1.54, 1.807) is 18.2 Å². The Labute approximate surface area is 113 Å². The van der Waals surface area contributed by atoms with E-state index in [0.717, 1.165) is 16.9 Å². The summed E-state index contributed by atoms with van der Waals surface area (Å²) in [6.45, 7) is 5.62. The second-order valence-electron chi connectivity index (χ2n) is 4.26.